The minimum atomic E-state index is -0.629. The third-order valence-electron chi connectivity index (χ3n) is 4.52. The molecule has 0 aliphatic carbocycles. The van der Waals surface area contributed by atoms with Crippen LogP contribution in [0.1, 0.15) is 37.0 Å². The van der Waals surface area contributed by atoms with Gasteiger partial charge in [0.05, 0.1) is 0 Å². The quantitative estimate of drug-likeness (QED) is 0.663. The molecule has 0 aromatic heterocycles. The molecule has 0 spiro atoms. The molecule has 0 radical (unpaired) electrons. The van der Waals surface area contributed by atoms with Gasteiger partial charge in [-0.05, 0) is 68.1 Å². The SMILES string of the molecule is CCCNC(=O)C(C)N(Cc1cccc(Cl)c1)C(=O)COc1cc(C)cc(C)c1. The van der Waals surface area contributed by atoms with E-state index < -0.39 is 6.04 Å². The first-order valence-corrected chi connectivity index (χ1v) is 10.2. The Labute approximate surface area is 178 Å². The van der Waals surface area contributed by atoms with E-state index in [0.29, 0.717) is 17.3 Å². The Morgan fingerprint density at radius 1 is 1.14 bits per heavy atom. The van der Waals surface area contributed by atoms with Crippen molar-refractivity contribution < 1.29 is 14.3 Å². The monoisotopic (exact) mass is 416 g/mol. The zero-order valence-electron chi connectivity index (χ0n) is 17.5. The zero-order valence-corrected chi connectivity index (χ0v) is 18.3. The molecule has 2 rings (SSSR count). The van der Waals surface area contributed by atoms with Crippen LogP contribution >= 0.6 is 11.6 Å². The largest absolute Gasteiger partial charge is 0.484 e. The molecule has 2 aromatic carbocycles. The van der Waals surface area contributed by atoms with Crippen LogP contribution in [0.5, 0.6) is 5.75 Å². The molecule has 2 amide bonds. The molecule has 2 aromatic rings. The highest BCUT2D eigenvalue weighted by Crippen LogP contribution is 2.18. The Kier molecular flexibility index (Phi) is 8.52. The van der Waals surface area contributed by atoms with Gasteiger partial charge in [0.15, 0.2) is 6.61 Å². The molecule has 0 aliphatic heterocycles. The number of aryl methyl sites for hydroxylation is 2. The first-order valence-electron chi connectivity index (χ1n) is 9.83. The summed E-state index contributed by atoms with van der Waals surface area (Å²) in [4.78, 5) is 27.0. The fraction of sp³-hybridized carbons (Fsp3) is 0.391. The Hall–Kier alpha value is -2.53. The van der Waals surface area contributed by atoms with Crippen molar-refractivity contribution in [2.75, 3.05) is 13.2 Å². The first kappa shape index (κ1) is 22.8. The Bertz CT molecular complexity index is 834. The van der Waals surface area contributed by atoms with Crippen molar-refractivity contribution in [3.8, 4) is 5.75 Å². The fourth-order valence-corrected chi connectivity index (χ4v) is 3.27. The third kappa shape index (κ3) is 7.09. The number of ether oxygens (including phenoxy) is 1. The average molecular weight is 417 g/mol. The lowest BCUT2D eigenvalue weighted by atomic mass is 10.1. The van der Waals surface area contributed by atoms with E-state index in [2.05, 4.69) is 5.32 Å². The average Bonchev–Trinajstić information content (AvgIpc) is 2.67. The van der Waals surface area contributed by atoms with Crippen molar-refractivity contribution in [2.45, 2.75) is 46.7 Å². The normalized spacial score (nSPS) is 11.6. The van der Waals surface area contributed by atoms with Gasteiger partial charge < -0.3 is 15.0 Å². The van der Waals surface area contributed by atoms with Gasteiger partial charge in [0.2, 0.25) is 5.91 Å². The van der Waals surface area contributed by atoms with Crippen LogP contribution in [-0.4, -0.2) is 35.9 Å². The number of nitrogens with one attached hydrogen (secondary N) is 1. The van der Waals surface area contributed by atoms with Gasteiger partial charge in [-0.1, -0.05) is 36.7 Å². The standard InChI is InChI=1S/C23H29ClN2O3/c1-5-9-25-23(28)18(4)26(14-19-7-6-8-20(24)13-19)22(27)15-29-21-11-16(2)10-17(3)12-21/h6-8,10-13,18H,5,9,14-15H2,1-4H3,(H,25,28). The summed E-state index contributed by atoms with van der Waals surface area (Å²) in [6, 6.07) is 12.5. The second kappa shape index (κ2) is 10.9. The second-order valence-corrected chi connectivity index (χ2v) is 7.67. The lowest BCUT2D eigenvalue weighted by Gasteiger charge is -2.28. The van der Waals surface area contributed by atoms with Crippen LogP contribution in [-0.2, 0) is 16.1 Å². The summed E-state index contributed by atoms with van der Waals surface area (Å²) in [5.74, 6) is 0.193. The van der Waals surface area contributed by atoms with Crippen LogP contribution in [0.25, 0.3) is 0 Å². The Morgan fingerprint density at radius 3 is 2.45 bits per heavy atom. The number of nitrogens with zero attached hydrogens (tertiary/aromatic N) is 1. The second-order valence-electron chi connectivity index (χ2n) is 7.23. The molecule has 1 N–H and O–H groups in total. The molecule has 0 saturated carbocycles. The predicted molar refractivity (Wildman–Crippen MR) is 116 cm³/mol. The van der Waals surface area contributed by atoms with Crippen LogP contribution in [0.2, 0.25) is 5.02 Å². The van der Waals surface area contributed by atoms with Crippen LogP contribution in [0.4, 0.5) is 0 Å². The van der Waals surface area contributed by atoms with Crippen molar-refractivity contribution in [1.29, 1.82) is 0 Å². The Balaban J connectivity index is 2.15. The summed E-state index contributed by atoms with van der Waals surface area (Å²) in [5, 5.41) is 3.44. The summed E-state index contributed by atoms with van der Waals surface area (Å²) in [5.41, 5.74) is 2.98. The van der Waals surface area contributed by atoms with Gasteiger partial charge in [-0.2, -0.15) is 0 Å². The number of benzene rings is 2. The first-order chi connectivity index (χ1) is 13.8. The van der Waals surface area contributed by atoms with Crippen molar-refractivity contribution in [1.82, 2.24) is 10.2 Å². The smallest absolute Gasteiger partial charge is 0.261 e. The summed E-state index contributed by atoms with van der Waals surface area (Å²) < 4.78 is 5.73. The number of hydrogen-bond acceptors (Lipinski definition) is 3. The highest BCUT2D eigenvalue weighted by molar-refractivity contribution is 6.30. The lowest BCUT2D eigenvalue weighted by Crippen LogP contribution is -2.49. The van der Waals surface area contributed by atoms with Gasteiger partial charge in [-0.15, -0.1) is 0 Å². The van der Waals surface area contributed by atoms with Crippen molar-refractivity contribution >= 4 is 23.4 Å². The highest BCUT2D eigenvalue weighted by atomic mass is 35.5. The number of rotatable bonds is 9. The highest BCUT2D eigenvalue weighted by Gasteiger charge is 2.26. The van der Waals surface area contributed by atoms with E-state index in [4.69, 9.17) is 16.3 Å². The number of hydrogen-bond donors (Lipinski definition) is 1. The maximum atomic E-state index is 13.0. The number of amides is 2. The predicted octanol–water partition coefficient (Wildman–Crippen LogP) is 4.28. The van der Waals surface area contributed by atoms with Gasteiger partial charge in [0.25, 0.3) is 5.91 Å². The number of carbonyl (C=O) groups excluding carboxylic acids is 2. The number of carbonyl (C=O) groups is 2. The number of halogens is 1. The Morgan fingerprint density at radius 2 is 1.83 bits per heavy atom. The summed E-state index contributed by atoms with van der Waals surface area (Å²) in [6.45, 7) is 8.37. The summed E-state index contributed by atoms with van der Waals surface area (Å²) in [7, 11) is 0. The van der Waals surface area contributed by atoms with E-state index in [1.807, 2.05) is 51.1 Å². The van der Waals surface area contributed by atoms with Gasteiger partial charge in [-0.25, -0.2) is 0 Å². The van der Waals surface area contributed by atoms with E-state index in [1.165, 1.54) is 4.90 Å². The topological polar surface area (TPSA) is 58.6 Å². The molecule has 1 atom stereocenters. The van der Waals surface area contributed by atoms with E-state index in [0.717, 1.165) is 23.1 Å². The maximum Gasteiger partial charge on any atom is 0.261 e. The van der Waals surface area contributed by atoms with Crippen LogP contribution < -0.4 is 10.1 Å². The molecule has 156 valence electrons. The third-order valence-corrected chi connectivity index (χ3v) is 4.75. The van der Waals surface area contributed by atoms with Gasteiger partial charge in [0, 0.05) is 18.1 Å². The van der Waals surface area contributed by atoms with Crippen molar-refractivity contribution in [2.24, 2.45) is 0 Å². The fourth-order valence-electron chi connectivity index (χ4n) is 3.05. The van der Waals surface area contributed by atoms with Crippen LogP contribution in [0.3, 0.4) is 0 Å². The minimum absolute atomic E-state index is 0.144. The van der Waals surface area contributed by atoms with E-state index in [1.54, 1.807) is 19.1 Å². The molecule has 0 aliphatic rings. The molecule has 0 bridgehead atoms. The molecule has 0 heterocycles. The van der Waals surface area contributed by atoms with Gasteiger partial charge >= 0.3 is 0 Å². The lowest BCUT2D eigenvalue weighted by molar-refractivity contribution is -0.142. The summed E-state index contributed by atoms with van der Waals surface area (Å²) >= 11 is 6.08. The molecule has 0 fully saturated rings. The molecule has 29 heavy (non-hydrogen) atoms. The van der Waals surface area contributed by atoms with Gasteiger partial charge in [-0.3, -0.25) is 9.59 Å². The van der Waals surface area contributed by atoms with Crippen molar-refractivity contribution in [3.05, 3.63) is 64.2 Å². The maximum absolute atomic E-state index is 13.0. The molecular weight excluding hydrogens is 388 g/mol. The van der Waals surface area contributed by atoms with E-state index >= 15 is 0 Å². The summed E-state index contributed by atoms with van der Waals surface area (Å²) in [6.07, 6.45) is 0.830. The van der Waals surface area contributed by atoms with Crippen molar-refractivity contribution in [3.63, 3.8) is 0 Å². The van der Waals surface area contributed by atoms with E-state index in [9.17, 15) is 9.59 Å². The molecule has 5 nitrogen and oxygen atoms in total. The van der Waals surface area contributed by atoms with E-state index in [-0.39, 0.29) is 25.0 Å². The zero-order chi connectivity index (χ0) is 21.4. The van der Waals surface area contributed by atoms with Crippen LogP contribution in [0, 0.1) is 13.8 Å². The molecule has 0 saturated heterocycles. The molecule has 6 heteroatoms. The van der Waals surface area contributed by atoms with Gasteiger partial charge in [0.1, 0.15) is 11.8 Å². The molecule has 1 unspecified atom stereocenters. The van der Waals surface area contributed by atoms with Crippen LogP contribution in [0.15, 0.2) is 42.5 Å². The molecular formula is C23H29ClN2O3. The minimum Gasteiger partial charge on any atom is -0.484 e.